The molecular weight excluding hydrogens is 316 g/mol. The van der Waals surface area contributed by atoms with Crippen LogP contribution in [-0.4, -0.2) is 69.3 Å². The van der Waals surface area contributed by atoms with E-state index in [9.17, 15) is 4.79 Å². The number of anilines is 1. The van der Waals surface area contributed by atoms with Gasteiger partial charge in [0, 0.05) is 51.4 Å². The number of carbonyl (C=O) groups is 1. The van der Waals surface area contributed by atoms with Crippen LogP contribution in [0.4, 0.5) is 10.5 Å². The second-order valence-corrected chi connectivity index (χ2v) is 7.34. The van der Waals surface area contributed by atoms with Crippen molar-refractivity contribution in [2.75, 3.05) is 58.4 Å². The van der Waals surface area contributed by atoms with E-state index in [1.165, 1.54) is 0 Å². The molecule has 1 aromatic carbocycles. The normalized spacial score (nSPS) is 23.9. The van der Waals surface area contributed by atoms with E-state index in [0.717, 1.165) is 44.7 Å². The van der Waals surface area contributed by atoms with Crippen LogP contribution in [0.15, 0.2) is 24.3 Å². The molecule has 2 amide bonds. The minimum absolute atomic E-state index is 0.0525. The first kappa shape index (κ1) is 17.6. The minimum Gasteiger partial charge on any atom is -0.379 e. The Morgan fingerprint density at radius 1 is 1.32 bits per heavy atom. The molecule has 2 heterocycles. The standard InChI is InChI=1S/C19H26N4O2/c1-21(2)18(24)23-8-4-7-19(14-23)13-22(9-10-25-15-19)17-6-3-5-16(11-17)12-20/h3,5-6,11H,4,7-10,13-15H2,1-2H3/t19-/m1/s1. The van der Waals surface area contributed by atoms with Gasteiger partial charge >= 0.3 is 6.03 Å². The van der Waals surface area contributed by atoms with E-state index in [4.69, 9.17) is 10.00 Å². The largest absolute Gasteiger partial charge is 0.379 e. The highest BCUT2D eigenvalue weighted by molar-refractivity contribution is 5.74. The fourth-order valence-corrected chi connectivity index (χ4v) is 3.89. The molecule has 0 radical (unpaired) electrons. The van der Waals surface area contributed by atoms with Crippen LogP contribution < -0.4 is 4.90 Å². The van der Waals surface area contributed by atoms with Crippen molar-refractivity contribution >= 4 is 11.7 Å². The molecule has 0 unspecified atom stereocenters. The number of piperidine rings is 1. The maximum atomic E-state index is 12.4. The van der Waals surface area contributed by atoms with E-state index in [1.54, 1.807) is 19.0 Å². The van der Waals surface area contributed by atoms with E-state index in [-0.39, 0.29) is 11.4 Å². The summed E-state index contributed by atoms with van der Waals surface area (Å²) in [4.78, 5) is 18.3. The summed E-state index contributed by atoms with van der Waals surface area (Å²) in [6, 6.07) is 10.0. The van der Waals surface area contributed by atoms with Crippen molar-refractivity contribution in [3.63, 3.8) is 0 Å². The van der Waals surface area contributed by atoms with E-state index >= 15 is 0 Å². The molecule has 2 saturated heterocycles. The molecule has 3 rings (SSSR count). The third kappa shape index (κ3) is 3.88. The third-order valence-electron chi connectivity index (χ3n) is 5.09. The van der Waals surface area contributed by atoms with Crippen molar-refractivity contribution in [2.24, 2.45) is 5.41 Å². The zero-order valence-electron chi connectivity index (χ0n) is 15.1. The number of carbonyl (C=O) groups excluding carboxylic acids is 1. The number of amides is 2. The molecule has 1 spiro atoms. The Kier molecular flexibility index (Phi) is 5.14. The zero-order chi connectivity index (χ0) is 17.9. The molecule has 6 heteroatoms. The van der Waals surface area contributed by atoms with Crippen molar-refractivity contribution < 1.29 is 9.53 Å². The molecule has 2 fully saturated rings. The molecule has 0 saturated carbocycles. The van der Waals surface area contributed by atoms with Gasteiger partial charge in [0.2, 0.25) is 0 Å². The van der Waals surface area contributed by atoms with E-state index in [1.807, 2.05) is 29.2 Å². The van der Waals surface area contributed by atoms with Gasteiger partial charge in [-0.3, -0.25) is 0 Å². The molecule has 6 nitrogen and oxygen atoms in total. The Balaban J connectivity index is 1.81. The van der Waals surface area contributed by atoms with Gasteiger partial charge in [-0.1, -0.05) is 6.07 Å². The van der Waals surface area contributed by atoms with Crippen molar-refractivity contribution in [3.8, 4) is 6.07 Å². The van der Waals surface area contributed by atoms with Gasteiger partial charge in [-0.2, -0.15) is 5.26 Å². The van der Waals surface area contributed by atoms with Crippen molar-refractivity contribution in [1.82, 2.24) is 9.80 Å². The van der Waals surface area contributed by atoms with Crippen LogP contribution in [0.25, 0.3) is 0 Å². The molecule has 0 N–H and O–H groups in total. The molecule has 25 heavy (non-hydrogen) atoms. The van der Waals surface area contributed by atoms with Crippen LogP contribution in [0.5, 0.6) is 0 Å². The first-order valence-corrected chi connectivity index (χ1v) is 8.82. The summed E-state index contributed by atoms with van der Waals surface area (Å²) in [5.41, 5.74) is 1.67. The van der Waals surface area contributed by atoms with Crippen LogP contribution in [0, 0.1) is 16.7 Å². The number of nitrogens with zero attached hydrogens (tertiary/aromatic N) is 4. The summed E-state index contributed by atoms with van der Waals surface area (Å²) in [5, 5.41) is 9.16. The topological polar surface area (TPSA) is 59.8 Å². The van der Waals surface area contributed by atoms with Gasteiger partial charge in [-0.25, -0.2) is 4.79 Å². The summed E-state index contributed by atoms with van der Waals surface area (Å²) < 4.78 is 5.93. The fourth-order valence-electron chi connectivity index (χ4n) is 3.89. The lowest BCUT2D eigenvalue weighted by molar-refractivity contribution is 0.0210. The van der Waals surface area contributed by atoms with Crippen LogP contribution >= 0.6 is 0 Å². The number of rotatable bonds is 1. The Bertz CT molecular complexity index is 670. The predicted octanol–water partition coefficient (Wildman–Crippen LogP) is 2.16. The first-order valence-electron chi connectivity index (χ1n) is 8.82. The van der Waals surface area contributed by atoms with E-state index in [0.29, 0.717) is 18.8 Å². The average molecular weight is 342 g/mol. The Morgan fingerprint density at radius 3 is 2.92 bits per heavy atom. The highest BCUT2D eigenvalue weighted by Gasteiger charge is 2.40. The lowest BCUT2D eigenvalue weighted by atomic mass is 9.80. The summed E-state index contributed by atoms with van der Waals surface area (Å²) in [6.45, 7) is 4.53. The van der Waals surface area contributed by atoms with Gasteiger partial charge in [-0.15, -0.1) is 0 Å². The van der Waals surface area contributed by atoms with Gasteiger partial charge in [-0.05, 0) is 31.0 Å². The molecule has 0 aromatic heterocycles. The molecule has 134 valence electrons. The average Bonchev–Trinajstić information content (AvgIpc) is 2.83. The number of benzene rings is 1. The van der Waals surface area contributed by atoms with Crippen molar-refractivity contribution in [1.29, 1.82) is 5.26 Å². The van der Waals surface area contributed by atoms with E-state index < -0.39 is 0 Å². The predicted molar refractivity (Wildman–Crippen MR) is 96.5 cm³/mol. The molecule has 0 bridgehead atoms. The lowest BCUT2D eigenvalue weighted by Crippen LogP contribution is -2.54. The number of urea groups is 1. The van der Waals surface area contributed by atoms with Crippen molar-refractivity contribution in [3.05, 3.63) is 29.8 Å². The second-order valence-electron chi connectivity index (χ2n) is 7.34. The zero-order valence-corrected chi connectivity index (χ0v) is 15.1. The molecule has 1 atom stereocenters. The summed E-state index contributed by atoms with van der Waals surface area (Å²) >= 11 is 0. The molecular formula is C19H26N4O2. The Morgan fingerprint density at radius 2 is 2.16 bits per heavy atom. The molecule has 2 aliphatic heterocycles. The maximum Gasteiger partial charge on any atom is 0.319 e. The molecule has 0 aliphatic carbocycles. The monoisotopic (exact) mass is 342 g/mol. The van der Waals surface area contributed by atoms with E-state index in [2.05, 4.69) is 11.0 Å². The van der Waals surface area contributed by atoms with Gasteiger partial charge in [0.05, 0.1) is 24.8 Å². The molecule has 1 aromatic rings. The highest BCUT2D eigenvalue weighted by Crippen LogP contribution is 2.35. The minimum atomic E-state index is -0.0525. The maximum absolute atomic E-state index is 12.4. The SMILES string of the molecule is CN(C)C(=O)N1CCC[C@]2(COCCN(c3cccc(C#N)c3)C2)C1. The van der Waals surface area contributed by atoms with Gasteiger partial charge < -0.3 is 19.4 Å². The van der Waals surface area contributed by atoms with Gasteiger partial charge in [0.1, 0.15) is 0 Å². The Hall–Kier alpha value is -2.26. The van der Waals surface area contributed by atoms with Gasteiger partial charge in [0.15, 0.2) is 0 Å². The van der Waals surface area contributed by atoms with Crippen LogP contribution in [0.3, 0.4) is 0 Å². The summed E-state index contributed by atoms with van der Waals surface area (Å²) in [5.74, 6) is 0. The number of nitriles is 1. The number of hydrogen-bond acceptors (Lipinski definition) is 4. The van der Waals surface area contributed by atoms with Crippen LogP contribution in [0.2, 0.25) is 0 Å². The smallest absolute Gasteiger partial charge is 0.319 e. The highest BCUT2D eigenvalue weighted by atomic mass is 16.5. The van der Waals surface area contributed by atoms with Crippen LogP contribution in [0.1, 0.15) is 18.4 Å². The number of likely N-dealkylation sites (tertiary alicyclic amines) is 1. The lowest BCUT2D eigenvalue weighted by Gasteiger charge is -2.44. The number of hydrogen-bond donors (Lipinski definition) is 0. The third-order valence-corrected chi connectivity index (χ3v) is 5.09. The first-order chi connectivity index (χ1) is 12.0. The summed E-state index contributed by atoms with van der Waals surface area (Å²) in [7, 11) is 3.60. The quantitative estimate of drug-likeness (QED) is 0.785. The fraction of sp³-hybridized carbons (Fsp3) is 0.579. The second kappa shape index (κ2) is 7.32. The molecule has 2 aliphatic rings. The van der Waals surface area contributed by atoms with Crippen molar-refractivity contribution in [2.45, 2.75) is 12.8 Å². The van der Waals surface area contributed by atoms with Gasteiger partial charge in [0.25, 0.3) is 0 Å². The summed E-state index contributed by atoms with van der Waals surface area (Å²) in [6.07, 6.45) is 2.05. The van der Waals surface area contributed by atoms with Crippen LogP contribution in [-0.2, 0) is 4.74 Å². The Labute approximate surface area is 149 Å². The number of ether oxygens (including phenoxy) is 1.